The standard InChI is InChI=1S/C12H19N/c1-10-6-5-7-11(9-13-10)8-12(2,3)4/h5-7,9,11H,8H2,1-4H3. The van der Waals surface area contributed by atoms with Crippen molar-refractivity contribution in [2.75, 3.05) is 0 Å². The summed E-state index contributed by atoms with van der Waals surface area (Å²) in [5, 5.41) is 0. The molecule has 72 valence electrons. The van der Waals surface area contributed by atoms with Crippen molar-refractivity contribution in [2.45, 2.75) is 34.1 Å². The van der Waals surface area contributed by atoms with E-state index in [-0.39, 0.29) is 0 Å². The Labute approximate surface area is 81.3 Å². The Bertz CT molecular complexity index is 251. The number of hydrogen-bond acceptors (Lipinski definition) is 1. The van der Waals surface area contributed by atoms with Crippen molar-refractivity contribution in [3.8, 4) is 0 Å². The zero-order valence-corrected chi connectivity index (χ0v) is 9.04. The lowest BCUT2D eigenvalue weighted by Gasteiger charge is -2.20. The Morgan fingerprint density at radius 2 is 2.08 bits per heavy atom. The van der Waals surface area contributed by atoms with E-state index in [0.717, 1.165) is 12.1 Å². The minimum absolute atomic E-state index is 0.374. The molecule has 0 bridgehead atoms. The molecular weight excluding hydrogens is 158 g/mol. The predicted octanol–water partition coefficient (Wildman–Crippen LogP) is 3.58. The summed E-state index contributed by atoms with van der Waals surface area (Å²) in [4.78, 5) is 4.36. The van der Waals surface area contributed by atoms with E-state index in [1.807, 2.05) is 6.92 Å². The van der Waals surface area contributed by atoms with E-state index in [1.54, 1.807) is 0 Å². The monoisotopic (exact) mass is 177 g/mol. The molecule has 0 aliphatic carbocycles. The molecule has 1 aliphatic heterocycles. The zero-order valence-electron chi connectivity index (χ0n) is 9.04. The van der Waals surface area contributed by atoms with Gasteiger partial charge in [-0.1, -0.05) is 32.9 Å². The van der Waals surface area contributed by atoms with Crippen molar-refractivity contribution >= 4 is 6.21 Å². The summed E-state index contributed by atoms with van der Waals surface area (Å²) >= 11 is 0. The number of rotatable bonds is 1. The highest BCUT2D eigenvalue weighted by molar-refractivity contribution is 5.65. The van der Waals surface area contributed by atoms with Crippen molar-refractivity contribution in [3.63, 3.8) is 0 Å². The summed E-state index contributed by atoms with van der Waals surface area (Å²) in [7, 11) is 0. The van der Waals surface area contributed by atoms with Gasteiger partial charge in [-0.2, -0.15) is 0 Å². The van der Waals surface area contributed by atoms with Gasteiger partial charge in [0, 0.05) is 17.8 Å². The van der Waals surface area contributed by atoms with Crippen LogP contribution in [0.15, 0.2) is 28.9 Å². The molecule has 1 atom stereocenters. The van der Waals surface area contributed by atoms with Crippen molar-refractivity contribution in [1.82, 2.24) is 0 Å². The summed E-state index contributed by atoms with van der Waals surface area (Å²) in [6.07, 6.45) is 9.61. The van der Waals surface area contributed by atoms with Crippen LogP contribution in [0.3, 0.4) is 0 Å². The van der Waals surface area contributed by atoms with Gasteiger partial charge in [-0.05, 0) is 24.8 Å². The van der Waals surface area contributed by atoms with Crippen molar-refractivity contribution in [3.05, 3.63) is 23.9 Å². The summed E-state index contributed by atoms with van der Waals surface area (Å²) in [6, 6.07) is 0. The van der Waals surface area contributed by atoms with E-state index in [0.29, 0.717) is 11.3 Å². The van der Waals surface area contributed by atoms with Crippen LogP contribution >= 0.6 is 0 Å². The second kappa shape index (κ2) is 3.91. The Morgan fingerprint density at radius 1 is 1.38 bits per heavy atom. The Hall–Kier alpha value is -0.850. The Morgan fingerprint density at radius 3 is 2.69 bits per heavy atom. The number of aliphatic imine (C=N–C) groups is 1. The average molecular weight is 177 g/mol. The topological polar surface area (TPSA) is 12.4 Å². The molecule has 1 nitrogen and oxygen atoms in total. The first-order valence-electron chi connectivity index (χ1n) is 4.87. The van der Waals surface area contributed by atoms with Gasteiger partial charge in [0.25, 0.3) is 0 Å². The van der Waals surface area contributed by atoms with Gasteiger partial charge in [-0.3, -0.25) is 4.99 Å². The molecule has 1 heterocycles. The molecule has 0 amide bonds. The molecule has 1 aliphatic rings. The third-order valence-electron chi connectivity index (χ3n) is 2.01. The molecule has 0 spiro atoms. The van der Waals surface area contributed by atoms with Gasteiger partial charge >= 0.3 is 0 Å². The maximum Gasteiger partial charge on any atom is 0.0368 e. The second-order valence-electron chi connectivity index (χ2n) is 4.90. The van der Waals surface area contributed by atoms with Crippen LogP contribution in [0.4, 0.5) is 0 Å². The van der Waals surface area contributed by atoms with E-state index < -0.39 is 0 Å². The third kappa shape index (κ3) is 4.07. The largest absolute Gasteiger partial charge is 0.265 e. The Kier molecular flexibility index (Phi) is 3.07. The number of nitrogens with zero attached hydrogens (tertiary/aromatic N) is 1. The van der Waals surface area contributed by atoms with Gasteiger partial charge in [0.05, 0.1) is 0 Å². The van der Waals surface area contributed by atoms with Crippen molar-refractivity contribution < 1.29 is 0 Å². The van der Waals surface area contributed by atoms with Crippen LogP contribution in [0.1, 0.15) is 34.1 Å². The summed E-state index contributed by atoms with van der Waals surface area (Å²) < 4.78 is 0. The van der Waals surface area contributed by atoms with Crippen LogP contribution in [0.25, 0.3) is 0 Å². The maximum atomic E-state index is 4.36. The molecule has 0 saturated carbocycles. The average Bonchev–Trinajstić information content (AvgIpc) is 2.12. The lowest BCUT2D eigenvalue weighted by molar-refractivity contribution is 0.360. The SMILES string of the molecule is CC1=CC=CC(CC(C)(C)C)C=N1. The summed E-state index contributed by atoms with van der Waals surface area (Å²) in [5.41, 5.74) is 1.46. The van der Waals surface area contributed by atoms with Gasteiger partial charge < -0.3 is 0 Å². The fourth-order valence-corrected chi connectivity index (χ4v) is 1.47. The first-order chi connectivity index (χ1) is 5.97. The van der Waals surface area contributed by atoms with Crippen LogP contribution in [0, 0.1) is 11.3 Å². The lowest BCUT2D eigenvalue weighted by Crippen LogP contribution is -2.12. The molecule has 13 heavy (non-hydrogen) atoms. The second-order valence-corrected chi connectivity index (χ2v) is 4.90. The molecule has 1 heteroatoms. The van der Waals surface area contributed by atoms with Gasteiger partial charge in [0.15, 0.2) is 0 Å². The fourth-order valence-electron chi connectivity index (χ4n) is 1.47. The van der Waals surface area contributed by atoms with Crippen molar-refractivity contribution in [2.24, 2.45) is 16.3 Å². The Balaban J connectivity index is 2.61. The van der Waals surface area contributed by atoms with E-state index in [2.05, 4.69) is 50.2 Å². The number of hydrogen-bond donors (Lipinski definition) is 0. The molecule has 0 N–H and O–H groups in total. The molecule has 0 aromatic heterocycles. The first kappa shape index (κ1) is 10.2. The van der Waals surface area contributed by atoms with E-state index in [9.17, 15) is 0 Å². The zero-order chi connectivity index (χ0) is 9.90. The number of allylic oxidation sites excluding steroid dienone is 4. The highest BCUT2D eigenvalue weighted by atomic mass is 14.7. The maximum absolute atomic E-state index is 4.36. The molecule has 0 radical (unpaired) electrons. The van der Waals surface area contributed by atoms with E-state index >= 15 is 0 Å². The first-order valence-corrected chi connectivity index (χ1v) is 4.87. The van der Waals surface area contributed by atoms with Crippen LogP contribution in [-0.4, -0.2) is 6.21 Å². The lowest BCUT2D eigenvalue weighted by atomic mass is 9.85. The van der Waals surface area contributed by atoms with Crippen LogP contribution in [0.5, 0.6) is 0 Å². The van der Waals surface area contributed by atoms with Crippen LogP contribution in [-0.2, 0) is 0 Å². The van der Waals surface area contributed by atoms with Gasteiger partial charge in [0.2, 0.25) is 0 Å². The minimum Gasteiger partial charge on any atom is -0.265 e. The minimum atomic E-state index is 0.374. The van der Waals surface area contributed by atoms with Gasteiger partial charge in [-0.15, -0.1) is 0 Å². The predicted molar refractivity (Wildman–Crippen MR) is 59.0 cm³/mol. The molecule has 1 rings (SSSR count). The van der Waals surface area contributed by atoms with Gasteiger partial charge in [-0.25, -0.2) is 0 Å². The normalized spacial score (nSPS) is 22.8. The summed E-state index contributed by atoms with van der Waals surface area (Å²) in [5.74, 6) is 0.494. The highest BCUT2D eigenvalue weighted by Gasteiger charge is 2.15. The fraction of sp³-hybridized carbons (Fsp3) is 0.583. The van der Waals surface area contributed by atoms with E-state index in [4.69, 9.17) is 0 Å². The smallest absolute Gasteiger partial charge is 0.0368 e. The van der Waals surface area contributed by atoms with E-state index in [1.165, 1.54) is 0 Å². The molecule has 0 aromatic carbocycles. The van der Waals surface area contributed by atoms with Gasteiger partial charge in [0.1, 0.15) is 0 Å². The van der Waals surface area contributed by atoms with Crippen LogP contribution in [0.2, 0.25) is 0 Å². The summed E-state index contributed by atoms with van der Waals surface area (Å²) in [6.45, 7) is 8.82. The molecule has 0 aromatic rings. The molecule has 1 unspecified atom stereocenters. The molecular formula is C12H19N. The highest BCUT2D eigenvalue weighted by Crippen LogP contribution is 2.25. The van der Waals surface area contributed by atoms with Crippen molar-refractivity contribution in [1.29, 1.82) is 0 Å². The molecule has 0 saturated heterocycles. The van der Waals surface area contributed by atoms with Crippen LogP contribution < -0.4 is 0 Å². The third-order valence-corrected chi connectivity index (χ3v) is 2.01. The quantitative estimate of drug-likeness (QED) is 0.580. The molecule has 0 fully saturated rings.